The van der Waals surface area contributed by atoms with Crippen LogP contribution in [0.4, 0.5) is 0 Å². The van der Waals surface area contributed by atoms with E-state index in [-0.39, 0.29) is 11.9 Å². The molecule has 0 unspecified atom stereocenters. The van der Waals surface area contributed by atoms with Gasteiger partial charge in [0, 0.05) is 24.2 Å². The molecular formula is C13H16N4O. The van der Waals surface area contributed by atoms with Crippen molar-refractivity contribution < 1.29 is 4.79 Å². The van der Waals surface area contributed by atoms with Crippen molar-refractivity contribution in [2.75, 3.05) is 0 Å². The molecule has 1 aliphatic heterocycles. The summed E-state index contributed by atoms with van der Waals surface area (Å²) >= 11 is 0. The second kappa shape index (κ2) is 3.80. The Morgan fingerprint density at radius 3 is 3.00 bits per heavy atom. The third-order valence-electron chi connectivity index (χ3n) is 3.49. The maximum Gasteiger partial charge on any atom is 0.268 e. The minimum atomic E-state index is -0.0180. The van der Waals surface area contributed by atoms with Crippen molar-refractivity contribution >= 4 is 16.9 Å². The average Bonchev–Trinajstić information content (AvgIpc) is 2.68. The zero-order chi connectivity index (χ0) is 12.9. The second-order valence-corrected chi connectivity index (χ2v) is 5.16. The van der Waals surface area contributed by atoms with E-state index in [2.05, 4.69) is 29.1 Å². The summed E-state index contributed by atoms with van der Waals surface area (Å²) in [6.07, 6.45) is 1.78. The molecule has 1 atom stereocenters. The van der Waals surface area contributed by atoms with Gasteiger partial charge in [-0.15, -0.1) is 0 Å². The fourth-order valence-corrected chi connectivity index (χ4v) is 2.36. The van der Waals surface area contributed by atoms with Crippen molar-refractivity contribution in [3.8, 4) is 0 Å². The number of fused-ring (bicyclic) bond motifs is 3. The molecule has 18 heavy (non-hydrogen) atoms. The number of hydrogen-bond acceptors (Lipinski definition) is 3. The van der Waals surface area contributed by atoms with Crippen molar-refractivity contribution in [1.29, 1.82) is 0 Å². The van der Waals surface area contributed by atoms with Gasteiger partial charge in [0.1, 0.15) is 17.2 Å². The standard InChI is InChI=1S/C13H16N4O/c1-7(2)10-6-17-11(13(18)16-10)4-9-5-14-8(3)15-12(9)17/h4-5,7,10H,6H2,1-3H3,(H,16,18)/t10-/m0/s1. The van der Waals surface area contributed by atoms with Gasteiger partial charge < -0.3 is 9.88 Å². The summed E-state index contributed by atoms with van der Waals surface area (Å²) in [5.74, 6) is 1.12. The number of hydrogen-bond donors (Lipinski definition) is 1. The number of nitrogens with zero attached hydrogens (tertiary/aromatic N) is 3. The molecule has 0 spiro atoms. The highest BCUT2D eigenvalue weighted by molar-refractivity contribution is 5.98. The molecule has 0 aromatic carbocycles. The van der Waals surface area contributed by atoms with Crippen LogP contribution in [0.1, 0.15) is 30.2 Å². The molecule has 2 aromatic heterocycles. The lowest BCUT2D eigenvalue weighted by atomic mass is 10.0. The van der Waals surface area contributed by atoms with Crippen LogP contribution in [-0.2, 0) is 6.54 Å². The molecule has 0 radical (unpaired) electrons. The Bertz CT molecular complexity index is 629. The highest BCUT2D eigenvalue weighted by Crippen LogP contribution is 2.22. The van der Waals surface area contributed by atoms with E-state index in [1.54, 1.807) is 6.20 Å². The van der Waals surface area contributed by atoms with Crippen molar-refractivity contribution in [3.63, 3.8) is 0 Å². The predicted octanol–water partition coefficient (Wildman–Crippen LogP) is 1.51. The zero-order valence-corrected chi connectivity index (χ0v) is 10.8. The van der Waals surface area contributed by atoms with Gasteiger partial charge in [0.25, 0.3) is 5.91 Å². The Morgan fingerprint density at radius 2 is 2.28 bits per heavy atom. The molecule has 5 nitrogen and oxygen atoms in total. The van der Waals surface area contributed by atoms with Gasteiger partial charge in [-0.05, 0) is 18.9 Å². The van der Waals surface area contributed by atoms with Crippen molar-refractivity contribution in [1.82, 2.24) is 19.9 Å². The summed E-state index contributed by atoms with van der Waals surface area (Å²) in [6, 6.07) is 2.02. The molecule has 1 amide bonds. The van der Waals surface area contributed by atoms with Gasteiger partial charge >= 0.3 is 0 Å². The predicted molar refractivity (Wildman–Crippen MR) is 68.4 cm³/mol. The number of rotatable bonds is 1. The first-order valence-corrected chi connectivity index (χ1v) is 6.20. The molecule has 3 rings (SSSR count). The summed E-state index contributed by atoms with van der Waals surface area (Å²) in [6.45, 7) is 6.87. The Hall–Kier alpha value is -1.91. The van der Waals surface area contributed by atoms with E-state index < -0.39 is 0 Å². The molecule has 94 valence electrons. The lowest BCUT2D eigenvalue weighted by Crippen LogP contribution is -2.46. The monoisotopic (exact) mass is 244 g/mol. The number of amides is 1. The van der Waals surface area contributed by atoms with Crippen molar-refractivity contribution in [2.24, 2.45) is 5.92 Å². The molecule has 0 bridgehead atoms. The van der Waals surface area contributed by atoms with E-state index in [0.29, 0.717) is 11.6 Å². The summed E-state index contributed by atoms with van der Waals surface area (Å²) in [4.78, 5) is 20.7. The number of carbonyl (C=O) groups excluding carboxylic acids is 1. The first kappa shape index (κ1) is 11.2. The fraction of sp³-hybridized carbons (Fsp3) is 0.462. The molecule has 0 aliphatic carbocycles. The van der Waals surface area contributed by atoms with Gasteiger partial charge in [-0.3, -0.25) is 4.79 Å². The van der Waals surface area contributed by atoms with Crippen LogP contribution in [0, 0.1) is 12.8 Å². The van der Waals surface area contributed by atoms with Crippen LogP contribution < -0.4 is 5.32 Å². The van der Waals surface area contributed by atoms with Gasteiger partial charge in [0.2, 0.25) is 0 Å². The second-order valence-electron chi connectivity index (χ2n) is 5.16. The Morgan fingerprint density at radius 1 is 1.50 bits per heavy atom. The molecular weight excluding hydrogens is 228 g/mol. The number of nitrogens with one attached hydrogen (secondary N) is 1. The first-order chi connectivity index (χ1) is 8.56. The third-order valence-corrected chi connectivity index (χ3v) is 3.49. The lowest BCUT2D eigenvalue weighted by Gasteiger charge is -2.28. The zero-order valence-electron chi connectivity index (χ0n) is 10.8. The first-order valence-electron chi connectivity index (χ1n) is 6.20. The van der Waals surface area contributed by atoms with E-state index in [0.717, 1.165) is 23.4 Å². The summed E-state index contributed by atoms with van der Waals surface area (Å²) in [5, 5.41) is 3.97. The maximum atomic E-state index is 12.1. The molecule has 0 fully saturated rings. The average molecular weight is 244 g/mol. The van der Waals surface area contributed by atoms with Gasteiger partial charge in [0.05, 0.1) is 0 Å². The molecule has 5 heteroatoms. The van der Waals surface area contributed by atoms with Crippen molar-refractivity contribution in [3.05, 3.63) is 23.8 Å². The van der Waals surface area contributed by atoms with Crippen LogP contribution in [-0.4, -0.2) is 26.5 Å². The van der Waals surface area contributed by atoms with Gasteiger partial charge in [0.15, 0.2) is 0 Å². The van der Waals surface area contributed by atoms with E-state index in [1.807, 2.05) is 17.6 Å². The van der Waals surface area contributed by atoms with E-state index in [4.69, 9.17) is 0 Å². The number of aryl methyl sites for hydroxylation is 1. The largest absolute Gasteiger partial charge is 0.346 e. The summed E-state index contributed by atoms with van der Waals surface area (Å²) in [7, 11) is 0. The van der Waals surface area contributed by atoms with Crippen LogP contribution in [0.25, 0.3) is 11.0 Å². The molecule has 1 N–H and O–H groups in total. The van der Waals surface area contributed by atoms with Gasteiger partial charge in [-0.2, -0.15) is 0 Å². The Balaban J connectivity index is 2.18. The van der Waals surface area contributed by atoms with Gasteiger partial charge in [-0.1, -0.05) is 13.8 Å². The SMILES string of the molecule is Cc1ncc2cc3n(c2n1)C[C@@H](C(C)C)NC3=O. The normalized spacial score (nSPS) is 19.1. The smallest absolute Gasteiger partial charge is 0.268 e. The minimum absolute atomic E-state index is 0.0180. The van der Waals surface area contributed by atoms with E-state index >= 15 is 0 Å². The summed E-state index contributed by atoms with van der Waals surface area (Å²) < 4.78 is 2.01. The van der Waals surface area contributed by atoms with Crippen molar-refractivity contribution in [2.45, 2.75) is 33.4 Å². The number of carbonyl (C=O) groups is 1. The van der Waals surface area contributed by atoms with Gasteiger partial charge in [-0.25, -0.2) is 9.97 Å². The number of aromatic nitrogens is 3. The van der Waals surface area contributed by atoms with Crippen LogP contribution in [0.3, 0.4) is 0 Å². The minimum Gasteiger partial charge on any atom is -0.346 e. The maximum absolute atomic E-state index is 12.1. The molecule has 1 aliphatic rings. The topological polar surface area (TPSA) is 59.8 Å². The van der Waals surface area contributed by atoms with Crippen LogP contribution >= 0.6 is 0 Å². The molecule has 2 aromatic rings. The molecule has 3 heterocycles. The third kappa shape index (κ3) is 1.58. The van der Waals surface area contributed by atoms with E-state index in [9.17, 15) is 4.79 Å². The quantitative estimate of drug-likeness (QED) is 0.827. The fourth-order valence-electron chi connectivity index (χ4n) is 2.36. The molecule has 0 saturated carbocycles. The molecule has 0 saturated heterocycles. The Labute approximate surface area is 105 Å². The Kier molecular flexibility index (Phi) is 2.36. The van der Waals surface area contributed by atoms with Crippen LogP contribution in [0.5, 0.6) is 0 Å². The highest BCUT2D eigenvalue weighted by atomic mass is 16.2. The van der Waals surface area contributed by atoms with Crippen LogP contribution in [0.15, 0.2) is 12.3 Å². The highest BCUT2D eigenvalue weighted by Gasteiger charge is 2.28. The van der Waals surface area contributed by atoms with Crippen LogP contribution in [0.2, 0.25) is 0 Å². The summed E-state index contributed by atoms with van der Waals surface area (Å²) in [5.41, 5.74) is 1.54. The lowest BCUT2D eigenvalue weighted by molar-refractivity contribution is 0.0885. The van der Waals surface area contributed by atoms with E-state index in [1.165, 1.54) is 0 Å².